The Morgan fingerprint density at radius 3 is 2.85 bits per heavy atom. The van der Waals surface area contributed by atoms with E-state index in [2.05, 4.69) is 0 Å². The van der Waals surface area contributed by atoms with Gasteiger partial charge in [0.2, 0.25) is 0 Å². The maximum atomic E-state index is 10.6. The maximum absolute atomic E-state index is 10.6. The summed E-state index contributed by atoms with van der Waals surface area (Å²) in [5, 5.41) is 19.1. The molecule has 0 saturated heterocycles. The second kappa shape index (κ2) is 2.76. The molecule has 0 saturated carbocycles. The van der Waals surface area contributed by atoms with E-state index in [0.717, 1.165) is 11.1 Å². The van der Waals surface area contributed by atoms with E-state index < -0.39 is 0 Å². The topological polar surface area (TPSA) is 50.9 Å². The van der Waals surface area contributed by atoms with Crippen molar-refractivity contribution in [3.05, 3.63) is 41.4 Å². The van der Waals surface area contributed by atoms with Crippen molar-refractivity contribution < 1.29 is 5.21 Å². The third kappa shape index (κ3) is 1.37. The number of aryl methyl sites for hydroxylation is 1. The van der Waals surface area contributed by atoms with Gasteiger partial charge in [0.1, 0.15) is 0 Å². The van der Waals surface area contributed by atoms with Gasteiger partial charge in [-0.15, -0.1) is 0 Å². The minimum atomic E-state index is -0.144. The first-order valence-electron chi connectivity index (χ1n) is 3.91. The molecule has 0 spiro atoms. The van der Waals surface area contributed by atoms with Crippen LogP contribution in [0.5, 0.6) is 0 Å². The van der Waals surface area contributed by atoms with Gasteiger partial charge in [0, 0.05) is 17.9 Å². The zero-order chi connectivity index (χ0) is 9.42. The number of fused-ring (bicyclic) bond motifs is 1. The number of pyridine rings is 1. The standard InChI is InChI=1S/C9H9N2O2/c1-7-4-8-2-3-9(11(12)13)6-10(8)5-7/h2-6,12H,1H3/q-1. The Labute approximate surface area is 75.2 Å². The average molecular weight is 177 g/mol. The molecule has 4 heteroatoms. The van der Waals surface area contributed by atoms with Gasteiger partial charge >= 0.3 is 0 Å². The predicted octanol–water partition coefficient (Wildman–Crippen LogP) is 1.94. The van der Waals surface area contributed by atoms with Crippen LogP contribution in [-0.4, -0.2) is 9.61 Å². The van der Waals surface area contributed by atoms with Gasteiger partial charge in [-0.2, -0.15) is 0 Å². The Morgan fingerprint density at radius 1 is 1.38 bits per heavy atom. The van der Waals surface area contributed by atoms with E-state index in [9.17, 15) is 5.21 Å². The summed E-state index contributed by atoms with van der Waals surface area (Å²) in [6, 6.07) is 5.35. The normalized spacial score (nSPS) is 10.7. The van der Waals surface area contributed by atoms with Gasteiger partial charge in [-0.05, 0) is 30.7 Å². The van der Waals surface area contributed by atoms with Crippen LogP contribution >= 0.6 is 0 Å². The number of hydrogen-bond donors (Lipinski definition) is 1. The van der Waals surface area contributed by atoms with E-state index in [1.165, 1.54) is 0 Å². The number of anilines is 1. The van der Waals surface area contributed by atoms with Crippen molar-refractivity contribution >= 4 is 11.2 Å². The molecular formula is C9H9N2O2-. The molecule has 68 valence electrons. The van der Waals surface area contributed by atoms with E-state index in [0.29, 0.717) is 0 Å². The highest BCUT2D eigenvalue weighted by Gasteiger charge is 1.97. The molecule has 4 nitrogen and oxygen atoms in total. The van der Waals surface area contributed by atoms with Crippen LogP contribution in [0.1, 0.15) is 5.56 Å². The van der Waals surface area contributed by atoms with E-state index in [1.54, 1.807) is 22.7 Å². The molecule has 2 aromatic rings. The monoisotopic (exact) mass is 177 g/mol. The molecule has 1 N–H and O–H groups in total. The van der Waals surface area contributed by atoms with Crippen LogP contribution in [0.2, 0.25) is 0 Å². The summed E-state index contributed by atoms with van der Waals surface area (Å²) < 4.78 is 1.80. The summed E-state index contributed by atoms with van der Waals surface area (Å²) in [6.45, 7) is 1.97. The van der Waals surface area contributed by atoms with Crippen LogP contribution in [0.15, 0.2) is 30.6 Å². The van der Waals surface area contributed by atoms with Crippen LogP contribution in [0.3, 0.4) is 0 Å². The smallest absolute Gasteiger partial charge is 0.0675 e. The summed E-state index contributed by atoms with van der Waals surface area (Å²) in [6.07, 6.45) is 3.47. The molecule has 0 atom stereocenters. The first-order valence-corrected chi connectivity index (χ1v) is 3.91. The fraction of sp³-hybridized carbons (Fsp3) is 0.111. The van der Waals surface area contributed by atoms with Crippen molar-refractivity contribution in [2.75, 3.05) is 5.23 Å². The predicted molar refractivity (Wildman–Crippen MR) is 49.8 cm³/mol. The van der Waals surface area contributed by atoms with Crippen LogP contribution in [-0.2, 0) is 0 Å². The first kappa shape index (κ1) is 8.10. The van der Waals surface area contributed by atoms with E-state index >= 15 is 0 Å². The Morgan fingerprint density at radius 2 is 2.15 bits per heavy atom. The fourth-order valence-electron chi connectivity index (χ4n) is 1.35. The highest BCUT2D eigenvalue weighted by atomic mass is 16.8. The van der Waals surface area contributed by atoms with Crippen molar-refractivity contribution in [2.45, 2.75) is 6.92 Å². The van der Waals surface area contributed by atoms with Crippen LogP contribution in [0.25, 0.3) is 5.52 Å². The molecule has 0 aliphatic carbocycles. The highest BCUT2D eigenvalue weighted by molar-refractivity contribution is 5.56. The van der Waals surface area contributed by atoms with Crippen LogP contribution < -0.4 is 5.23 Å². The van der Waals surface area contributed by atoms with Crippen molar-refractivity contribution in [3.8, 4) is 0 Å². The third-order valence-corrected chi connectivity index (χ3v) is 1.93. The summed E-state index contributed by atoms with van der Waals surface area (Å²) in [4.78, 5) is 0. The summed E-state index contributed by atoms with van der Waals surface area (Å²) in [5.41, 5.74) is 2.35. The van der Waals surface area contributed by atoms with E-state index in [1.807, 2.05) is 19.2 Å². The number of nitrogens with zero attached hydrogens (tertiary/aromatic N) is 2. The summed E-state index contributed by atoms with van der Waals surface area (Å²) in [7, 11) is 0. The number of aromatic nitrogens is 1. The SMILES string of the molecule is Cc1cc2ccc(N([O-])O)cn2c1. The second-order valence-corrected chi connectivity index (χ2v) is 3.01. The third-order valence-electron chi connectivity index (χ3n) is 1.93. The van der Waals surface area contributed by atoms with Crippen molar-refractivity contribution in [2.24, 2.45) is 0 Å². The molecule has 2 heterocycles. The molecule has 0 bridgehead atoms. The molecular weight excluding hydrogens is 168 g/mol. The van der Waals surface area contributed by atoms with E-state index in [-0.39, 0.29) is 10.9 Å². The lowest BCUT2D eigenvalue weighted by Crippen LogP contribution is -2.07. The molecule has 0 aromatic carbocycles. The zero-order valence-corrected chi connectivity index (χ0v) is 7.14. The van der Waals surface area contributed by atoms with Gasteiger partial charge in [-0.1, -0.05) is 0 Å². The van der Waals surface area contributed by atoms with Gasteiger partial charge in [-0.25, -0.2) is 0 Å². The fourth-order valence-corrected chi connectivity index (χ4v) is 1.35. The maximum Gasteiger partial charge on any atom is 0.0675 e. The number of hydrogen-bond acceptors (Lipinski definition) is 3. The van der Waals surface area contributed by atoms with Gasteiger partial charge in [0.15, 0.2) is 0 Å². The Balaban J connectivity index is 2.61. The lowest BCUT2D eigenvalue weighted by atomic mass is 10.3. The molecule has 0 radical (unpaired) electrons. The molecule has 0 amide bonds. The second-order valence-electron chi connectivity index (χ2n) is 3.01. The van der Waals surface area contributed by atoms with Crippen molar-refractivity contribution in [3.63, 3.8) is 0 Å². The Kier molecular flexibility index (Phi) is 1.72. The quantitative estimate of drug-likeness (QED) is 0.677. The molecule has 2 rings (SSSR count). The number of rotatable bonds is 1. The van der Waals surface area contributed by atoms with Crippen molar-refractivity contribution in [1.82, 2.24) is 4.40 Å². The minimum absolute atomic E-state index is 0.144. The largest absolute Gasteiger partial charge is 0.733 e. The summed E-state index contributed by atoms with van der Waals surface area (Å²) >= 11 is 0. The lowest BCUT2D eigenvalue weighted by Gasteiger charge is -2.21. The Hall–Kier alpha value is -1.52. The van der Waals surface area contributed by atoms with Gasteiger partial charge in [0.05, 0.1) is 5.69 Å². The summed E-state index contributed by atoms with van der Waals surface area (Å²) in [5.74, 6) is 0. The van der Waals surface area contributed by atoms with Gasteiger partial charge < -0.3 is 14.8 Å². The first-order chi connectivity index (χ1) is 6.16. The van der Waals surface area contributed by atoms with Gasteiger partial charge in [0.25, 0.3) is 0 Å². The van der Waals surface area contributed by atoms with Crippen molar-refractivity contribution in [1.29, 1.82) is 0 Å². The van der Waals surface area contributed by atoms with Crippen LogP contribution in [0.4, 0.5) is 5.69 Å². The highest BCUT2D eigenvalue weighted by Crippen LogP contribution is 2.15. The Bertz CT molecular complexity index is 434. The average Bonchev–Trinajstić information content (AvgIpc) is 2.42. The molecule has 2 aromatic heterocycles. The van der Waals surface area contributed by atoms with Crippen LogP contribution in [0, 0.1) is 12.1 Å². The molecule has 0 unspecified atom stereocenters. The zero-order valence-electron chi connectivity index (χ0n) is 7.14. The molecule has 0 aliphatic heterocycles. The minimum Gasteiger partial charge on any atom is -0.733 e. The van der Waals surface area contributed by atoms with Gasteiger partial charge in [-0.3, -0.25) is 5.21 Å². The molecule has 0 fully saturated rings. The molecule has 0 aliphatic rings. The molecule has 13 heavy (non-hydrogen) atoms. The lowest BCUT2D eigenvalue weighted by molar-refractivity contribution is 0.296. The van der Waals surface area contributed by atoms with E-state index in [4.69, 9.17) is 5.21 Å².